The van der Waals surface area contributed by atoms with Crippen LogP contribution in [-0.2, 0) is 9.53 Å². The standard InChI is InChI=1S/C27H44O3/c1-17(12-14-26(3,4)29)21-8-9-23-22(21)10-11-25-24(23)7-6-19-16-20(30-18(2)28)13-15-27(19,25)5/h6,17,20-25,29H,7-16H2,1-5H3. The molecule has 30 heavy (non-hydrogen) atoms. The number of hydrogen-bond acceptors (Lipinski definition) is 3. The third-order valence-electron chi connectivity index (χ3n) is 9.71. The van der Waals surface area contributed by atoms with Gasteiger partial charge < -0.3 is 9.84 Å². The van der Waals surface area contributed by atoms with Gasteiger partial charge in [-0.3, -0.25) is 4.79 Å². The zero-order valence-corrected chi connectivity index (χ0v) is 20.0. The molecule has 0 aromatic heterocycles. The highest BCUT2D eigenvalue weighted by Gasteiger charge is 2.54. The highest BCUT2D eigenvalue weighted by Crippen LogP contribution is 2.63. The first kappa shape index (κ1) is 22.4. The Morgan fingerprint density at radius 1 is 1.20 bits per heavy atom. The molecule has 3 heteroatoms. The average Bonchev–Trinajstić information content (AvgIpc) is 3.10. The number of rotatable bonds is 5. The molecule has 0 aliphatic heterocycles. The molecule has 0 saturated heterocycles. The Morgan fingerprint density at radius 2 is 1.93 bits per heavy atom. The van der Waals surface area contributed by atoms with Crippen LogP contribution in [0.4, 0.5) is 0 Å². The molecule has 0 aromatic rings. The van der Waals surface area contributed by atoms with E-state index in [1.165, 1.54) is 38.5 Å². The first-order valence-electron chi connectivity index (χ1n) is 12.7. The molecule has 0 aromatic carbocycles. The molecule has 3 nitrogen and oxygen atoms in total. The Kier molecular flexibility index (Phi) is 6.16. The van der Waals surface area contributed by atoms with Gasteiger partial charge in [-0.15, -0.1) is 0 Å². The maximum Gasteiger partial charge on any atom is 0.302 e. The summed E-state index contributed by atoms with van der Waals surface area (Å²) in [5.41, 5.74) is 1.39. The summed E-state index contributed by atoms with van der Waals surface area (Å²) in [6.07, 6.45) is 14.7. The Bertz CT molecular complexity index is 674. The van der Waals surface area contributed by atoms with Crippen LogP contribution in [0.1, 0.15) is 98.8 Å². The highest BCUT2D eigenvalue weighted by molar-refractivity contribution is 5.66. The first-order chi connectivity index (χ1) is 14.1. The Morgan fingerprint density at radius 3 is 2.63 bits per heavy atom. The minimum atomic E-state index is -0.534. The van der Waals surface area contributed by atoms with Gasteiger partial charge in [-0.1, -0.05) is 25.5 Å². The number of fused-ring (bicyclic) bond motifs is 5. The average molecular weight is 417 g/mol. The summed E-state index contributed by atoms with van der Waals surface area (Å²) in [5.74, 6) is 4.94. The van der Waals surface area contributed by atoms with E-state index in [1.807, 2.05) is 13.8 Å². The van der Waals surface area contributed by atoms with Gasteiger partial charge in [-0.05, 0) is 113 Å². The lowest BCUT2D eigenvalue weighted by molar-refractivity contribution is -0.148. The minimum absolute atomic E-state index is 0.0993. The second-order valence-electron chi connectivity index (χ2n) is 12.1. The van der Waals surface area contributed by atoms with Crippen molar-refractivity contribution in [3.05, 3.63) is 11.6 Å². The quantitative estimate of drug-likeness (QED) is 0.423. The van der Waals surface area contributed by atoms with Crippen LogP contribution in [0.5, 0.6) is 0 Å². The van der Waals surface area contributed by atoms with Gasteiger partial charge in [0.25, 0.3) is 0 Å². The fourth-order valence-corrected chi connectivity index (χ4v) is 8.16. The Hall–Kier alpha value is -0.830. The summed E-state index contributed by atoms with van der Waals surface area (Å²) in [5, 5.41) is 10.2. The summed E-state index contributed by atoms with van der Waals surface area (Å²) in [6, 6.07) is 0. The molecule has 4 aliphatic carbocycles. The van der Waals surface area contributed by atoms with Gasteiger partial charge >= 0.3 is 5.97 Å². The SMILES string of the molecule is CC(=O)OC1CCC2(C)C(=CCC3C4CCC(C(C)CCC(C)(C)O)C4CCC32)C1. The van der Waals surface area contributed by atoms with Crippen molar-refractivity contribution in [2.24, 2.45) is 40.9 Å². The molecule has 3 fully saturated rings. The van der Waals surface area contributed by atoms with Crippen LogP contribution in [0.15, 0.2) is 11.6 Å². The maximum atomic E-state index is 11.4. The van der Waals surface area contributed by atoms with E-state index in [1.54, 1.807) is 12.5 Å². The Balaban J connectivity index is 1.44. The van der Waals surface area contributed by atoms with Crippen LogP contribution in [0.2, 0.25) is 0 Å². The molecule has 0 heterocycles. The fourth-order valence-electron chi connectivity index (χ4n) is 8.16. The second-order valence-corrected chi connectivity index (χ2v) is 12.1. The van der Waals surface area contributed by atoms with E-state index >= 15 is 0 Å². The number of aliphatic hydroxyl groups is 1. The number of carbonyl (C=O) groups excluding carboxylic acids is 1. The van der Waals surface area contributed by atoms with Crippen LogP contribution >= 0.6 is 0 Å². The van der Waals surface area contributed by atoms with Gasteiger partial charge in [0, 0.05) is 13.3 Å². The largest absolute Gasteiger partial charge is 0.462 e. The van der Waals surface area contributed by atoms with Crippen molar-refractivity contribution in [3.63, 3.8) is 0 Å². The van der Waals surface area contributed by atoms with E-state index in [-0.39, 0.29) is 12.1 Å². The van der Waals surface area contributed by atoms with Crippen LogP contribution in [0.25, 0.3) is 0 Å². The van der Waals surface area contributed by atoms with Crippen LogP contribution in [0.3, 0.4) is 0 Å². The van der Waals surface area contributed by atoms with E-state index in [4.69, 9.17) is 4.74 Å². The molecule has 8 atom stereocenters. The highest BCUT2D eigenvalue weighted by atomic mass is 16.5. The number of esters is 1. The van der Waals surface area contributed by atoms with Crippen molar-refractivity contribution in [1.29, 1.82) is 0 Å². The molecule has 4 rings (SSSR count). The van der Waals surface area contributed by atoms with Crippen molar-refractivity contribution < 1.29 is 14.6 Å². The number of carbonyl (C=O) groups is 1. The molecule has 3 saturated carbocycles. The van der Waals surface area contributed by atoms with Crippen molar-refractivity contribution in [1.82, 2.24) is 0 Å². The predicted molar refractivity (Wildman–Crippen MR) is 121 cm³/mol. The third-order valence-corrected chi connectivity index (χ3v) is 9.71. The van der Waals surface area contributed by atoms with E-state index in [9.17, 15) is 9.90 Å². The van der Waals surface area contributed by atoms with Gasteiger partial charge in [0.1, 0.15) is 6.10 Å². The maximum absolute atomic E-state index is 11.4. The summed E-state index contributed by atoms with van der Waals surface area (Å²) in [4.78, 5) is 11.4. The topological polar surface area (TPSA) is 46.5 Å². The molecule has 0 bridgehead atoms. The van der Waals surface area contributed by atoms with Gasteiger partial charge in [0.15, 0.2) is 0 Å². The Labute approximate surface area is 184 Å². The van der Waals surface area contributed by atoms with E-state index < -0.39 is 5.60 Å². The molecule has 8 unspecified atom stereocenters. The van der Waals surface area contributed by atoms with Gasteiger partial charge in [0.05, 0.1) is 5.60 Å². The lowest BCUT2D eigenvalue weighted by Crippen LogP contribution is -2.48. The molecule has 0 radical (unpaired) electrons. The van der Waals surface area contributed by atoms with Gasteiger partial charge in [-0.2, -0.15) is 0 Å². The molecule has 0 amide bonds. The zero-order valence-electron chi connectivity index (χ0n) is 20.0. The first-order valence-corrected chi connectivity index (χ1v) is 12.7. The second kappa shape index (κ2) is 8.26. The lowest BCUT2D eigenvalue weighted by atomic mass is 9.50. The molecular weight excluding hydrogens is 372 g/mol. The molecule has 1 N–H and O–H groups in total. The number of allylic oxidation sites excluding steroid dienone is 1. The molecular formula is C27H44O3. The fraction of sp³-hybridized carbons (Fsp3) is 0.889. The zero-order chi connectivity index (χ0) is 21.7. The van der Waals surface area contributed by atoms with E-state index in [2.05, 4.69) is 19.9 Å². The van der Waals surface area contributed by atoms with E-state index in [0.29, 0.717) is 5.41 Å². The summed E-state index contributed by atoms with van der Waals surface area (Å²) < 4.78 is 5.58. The molecule has 4 aliphatic rings. The van der Waals surface area contributed by atoms with Gasteiger partial charge in [0.2, 0.25) is 0 Å². The normalized spacial score (nSPS) is 41.9. The third kappa shape index (κ3) is 4.25. The van der Waals surface area contributed by atoms with Crippen LogP contribution in [0, 0.1) is 40.9 Å². The van der Waals surface area contributed by atoms with E-state index in [0.717, 1.165) is 61.2 Å². The number of ether oxygens (including phenoxy) is 1. The summed E-state index contributed by atoms with van der Waals surface area (Å²) in [6.45, 7) is 10.4. The van der Waals surface area contributed by atoms with Crippen molar-refractivity contribution in [3.8, 4) is 0 Å². The van der Waals surface area contributed by atoms with Crippen LogP contribution < -0.4 is 0 Å². The van der Waals surface area contributed by atoms with Crippen molar-refractivity contribution in [2.45, 2.75) is 111 Å². The smallest absolute Gasteiger partial charge is 0.302 e. The monoisotopic (exact) mass is 416 g/mol. The lowest BCUT2D eigenvalue weighted by Gasteiger charge is -2.55. The van der Waals surface area contributed by atoms with Crippen molar-refractivity contribution >= 4 is 5.97 Å². The molecule has 0 spiro atoms. The summed E-state index contributed by atoms with van der Waals surface area (Å²) in [7, 11) is 0. The minimum Gasteiger partial charge on any atom is -0.462 e. The van der Waals surface area contributed by atoms with Crippen molar-refractivity contribution in [2.75, 3.05) is 0 Å². The van der Waals surface area contributed by atoms with Crippen LogP contribution in [-0.4, -0.2) is 22.8 Å². The molecule has 170 valence electrons. The number of hydrogen-bond donors (Lipinski definition) is 1. The van der Waals surface area contributed by atoms with Gasteiger partial charge in [-0.25, -0.2) is 0 Å². The predicted octanol–water partition coefficient (Wildman–Crippen LogP) is 6.29. The summed E-state index contributed by atoms with van der Waals surface area (Å²) >= 11 is 0.